The van der Waals surface area contributed by atoms with Crippen LogP contribution in [0.15, 0.2) is 24.3 Å². The Morgan fingerprint density at radius 1 is 0.966 bits per heavy atom. The van der Waals surface area contributed by atoms with Crippen molar-refractivity contribution in [2.24, 2.45) is 11.7 Å². The number of hydrogen-bond donors (Lipinski definition) is 3. The lowest BCUT2D eigenvalue weighted by molar-refractivity contribution is -0.127. The molecule has 0 radical (unpaired) electrons. The average molecular weight is 447 g/mol. The molecule has 4 N–H and O–H groups in total. The molecule has 0 bridgehead atoms. The fraction of sp³-hybridized carbons (Fsp3) is 0.619. The summed E-state index contributed by atoms with van der Waals surface area (Å²) >= 11 is 0. The summed E-state index contributed by atoms with van der Waals surface area (Å²) in [6, 6.07) is 7.79. The van der Waals surface area contributed by atoms with Gasteiger partial charge in [0.2, 0.25) is 11.8 Å². The van der Waals surface area contributed by atoms with Gasteiger partial charge >= 0.3 is 0 Å². The number of rotatable bonds is 8. The molecule has 8 heteroatoms. The van der Waals surface area contributed by atoms with Crippen molar-refractivity contribution in [2.45, 2.75) is 58.7 Å². The smallest absolute Gasteiger partial charge is 0.239 e. The minimum absolute atomic E-state index is 0. The van der Waals surface area contributed by atoms with E-state index in [1.165, 1.54) is 44.3 Å². The van der Waals surface area contributed by atoms with E-state index in [9.17, 15) is 9.59 Å². The summed E-state index contributed by atoms with van der Waals surface area (Å²) < 4.78 is 0. The molecule has 0 spiro atoms. The molecule has 1 aromatic rings. The van der Waals surface area contributed by atoms with Crippen molar-refractivity contribution >= 4 is 36.6 Å². The molecule has 1 fully saturated rings. The van der Waals surface area contributed by atoms with E-state index in [1.807, 2.05) is 13.8 Å². The van der Waals surface area contributed by atoms with Gasteiger partial charge in [0.1, 0.15) is 0 Å². The quantitative estimate of drug-likeness (QED) is 0.572. The second-order valence-electron chi connectivity index (χ2n) is 7.77. The maximum atomic E-state index is 11.9. The third-order valence-electron chi connectivity index (χ3n) is 5.06. The first kappa shape index (κ1) is 27.7. The van der Waals surface area contributed by atoms with Crippen LogP contribution in [0.3, 0.4) is 0 Å². The van der Waals surface area contributed by atoms with Crippen LogP contribution in [0.5, 0.6) is 0 Å². The van der Waals surface area contributed by atoms with Crippen LogP contribution in [0.25, 0.3) is 0 Å². The van der Waals surface area contributed by atoms with Crippen molar-refractivity contribution in [1.82, 2.24) is 15.5 Å². The predicted molar refractivity (Wildman–Crippen MR) is 122 cm³/mol. The molecule has 29 heavy (non-hydrogen) atoms. The SMILES string of the molecule is CC(C)[C@H](N)C(=O)NCC(=O)NCc1ccc(CN2CCCCCC2)cc1.Cl.Cl. The number of nitrogens with two attached hydrogens (primary N) is 1. The van der Waals surface area contributed by atoms with E-state index in [1.54, 1.807) is 0 Å². The van der Waals surface area contributed by atoms with Crippen molar-refractivity contribution in [3.63, 3.8) is 0 Å². The fourth-order valence-corrected chi connectivity index (χ4v) is 3.17. The maximum Gasteiger partial charge on any atom is 0.239 e. The van der Waals surface area contributed by atoms with Crippen LogP contribution in [-0.2, 0) is 22.7 Å². The molecule has 1 heterocycles. The largest absolute Gasteiger partial charge is 0.350 e. The molecule has 1 atom stereocenters. The Morgan fingerprint density at radius 2 is 1.52 bits per heavy atom. The predicted octanol–water partition coefficient (Wildman–Crippen LogP) is 2.62. The number of hydrogen-bond acceptors (Lipinski definition) is 4. The summed E-state index contributed by atoms with van der Waals surface area (Å²) in [7, 11) is 0. The minimum Gasteiger partial charge on any atom is -0.350 e. The highest BCUT2D eigenvalue weighted by atomic mass is 35.5. The normalized spacial score (nSPS) is 15.4. The molecule has 166 valence electrons. The summed E-state index contributed by atoms with van der Waals surface area (Å²) in [5, 5.41) is 5.40. The first-order valence-corrected chi connectivity index (χ1v) is 10.1. The molecule has 1 saturated heterocycles. The highest BCUT2D eigenvalue weighted by Gasteiger charge is 2.17. The van der Waals surface area contributed by atoms with Crippen LogP contribution >= 0.6 is 24.8 Å². The van der Waals surface area contributed by atoms with Gasteiger partial charge in [0.15, 0.2) is 0 Å². The Kier molecular flexibility index (Phi) is 13.9. The fourth-order valence-electron chi connectivity index (χ4n) is 3.17. The highest BCUT2D eigenvalue weighted by molar-refractivity contribution is 5.87. The van der Waals surface area contributed by atoms with Crippen molar-refractivity contribution in [1.29, 1.82) is 0 Å². The number of carbonyl (C=O) groups excluding carboxylic acids is 2. The molecule has 2 rings (SSSR count). The minimum atomic E-state index is -0.588. The third kappa shape index (κ3) is 10.3. The van der Waals surface area contributed by atoms with Crippen LogP contribution in [-0.4, -0.2) is 42.4 Å². The van der Waals surface area contributed by atoms with Gasteiger partial charge < -0.3 is 16.4 Å². The molecular weight excluding hydrogens is 411 g/mol. The first-order chi connectivity index (χ1) is 13.0. The lowest BCUT2D eigenvalue weighted by Crippen LogP contribution is -2.47. The van der Waals surface area contributed by atoms with E-state index >= 15 is 0 Å². The second-order valence-corrected chi connectivity index (χ2v) is 7.77. The topological polar surface area (TPSA) is 87.5 Å². The summed E-state index contributed by atoms with van der Waals surface area (Å²) in [5.41, 5.74) is 8.11. The Balaban J connectivity index is 0.00000392. The standard InChI is InChI=1S/C21H34N4O2.2ClH/c1-16(2)20(22)21(27)24-14-19(26)23-13-17-7-9-18(10-8-17)15-25-11-5-3-4-6-12-25;;/h7-10,16,20H,3-6,11-15,22H2,1-2H3,(H,23,26)(H,24,27);2*1H/t20-;;/m0../s1. The Morgan fingerprint density at radius 3 is 2.07 bits per heavy atom. The highest BCUT2D eigenvalue weighted by Crippen LogP contribution is 2.13. The van der Waals surface area contributed by atoms with Crippen LogP contribution in [0.2, 0.25) is 0 Å². The summed E-state index contributed by atoms with van der Waals surface area (Å²) in [4.78, 5) is 26.2. The molecule has 0 saturated carbocycles. The van der Waals surface area contributed by atoms with Gasteiger partial charge in [-0.2, -0.15) is 0 Å². The van der Waals surface area contributed by atoms with Crippen molar-refractivity contribution in [2.75, 3.05) is 19.6 Å². The van der Waals surface area contributed by atoms with E-state index in [0.717, 1.165) is 12.1 Å². The Bertz CT molecular complexity index is 603. The number of nitrogens with zero attached hydrogens (tertiary/aromatic N) is 1. The van der Waals surface area contributed by atoms with Gasteiger partial charge in [0, 0.05) is 13.1 Å². The van der Waals surface area contributed by atoms with Gasteiger partial charge in [-0.15, -0.1) is 24.8 Å². The number of benzene rings is 1. The molecule has 0 aliphatic carbocycles. The van der Waals surface area contributed by atoms with E-state index < -0.39 is 6.04 Å². The number of nitrogens with one attached hydrogen (secondary N) is 2. The zero-order valence-corrected chi connectivity index (χ0v) is 19.1. The van der Waals surface area contributed by atoms with Crippen LogP contribution in [0, 0.1) is 5.92 Å². The molecule has 2 amide bonds. The van der Waals surface area contributed by atoms with Gasteiger partial charge in [0.25, 0.3) is 0 Å². The summed E-state index contributed by atoms with van der Waals surface area (Å²) in [6.07, 6.45) is 5.28. The monoisotopic (exact) mass is 446 g/mol. The van der Waals surface area contributed by atoms with Crippen molar-refractivity contribution in [3.8, 4) is 0 Å². The molecular formula is C21H36Cl2N4O2. The van der Waals surface area contributed by atoms with Crippen molar-refractivity contribution < 1.29 is 9.59 Å². The van der Waals surface area contributed by atoms with E-state index in [0.29, 0.717) is 6.54 Å². The van der Waals surface area contributed by atoms with Gasteiger partial charge in [-0.25, -0.2) is 0 Å². The zero-order valence-electron chi connectivity index (χ0n) is 17.5. The Hall–Kier alpha value is -1.34. The molecule has 1 aliphatic heterocycles. The van der Waals surface area contributed by atoms with Crippen LogP contribution in [0.1, 0.15) is 50.7 Å². The van der Waals surface area contributed by atoms with E-state index in [-0.39, 0.29) is 49.1 Å². The summed E-state index contributed by atoms with van der Waals surface area (Å²) in [5.74, 6) is -0.466. The first-order valence-electron chi connectivity index (χ1n) is 10.1. The number of carbonyl (C=O) groups is 2. The third-order valence-corrected chi connectivity index (χ3v) is 5.06. The molecule has 0 aromatic heterocycles. The van der Waals surface area contributed by atoms with E-state index in [4.69, 9.17) is 5.73 Å². The number of amides is 2. The zero-order chi connectivity index (χ0) is 19.6. The number of likely N-dealkylation sites (tertiary alicyclic amines) is 1. The Labute approximate surface area is 187 Å². The van der Waals surface area contributed by atoms with Gasteiger partial charge in [-0.3, -0.25) is 14.5 Å². The van der Waals surface area contributed by atoms with Crippen molar-refractivity contribution in [3.05, 3.63) is 35.4 Å². The van der Waals surface area contributed by atoms with Crippen LogP contribution in [0.4, 0.5) is 0 Å². The second kappa shape index (κ2) is 14.6. The van der Waals surface area contributed by atoms with Gasteiger partial charge in [0.05, 0.1) is 12.6 Å². The lowest BCUT2D eigenvalue weighted by Gasteiger charge is -2.19. The van der Waals surface area contributed by atoms with Gasteiger partial charge in [-0.05, 0) is 43.0 Å². The maximum absolute atomic E-state index is 11.9. The molecule has 1 aliphatic rings. The molecule has 6 nitrogen and oxygen atoms in total. The van der Waals surface area contributed by atoms with Gasteiger partial charge in [-0.1, -0.05) is 51.0 Å². The molecule has 1 aromatic carbocycles. The van der Waals surface area contributed by atoms with E-state index in [2.05, 4.69) is 39.8 Å². The van der Waals surface area contributed by atoms with Crippen LogP contribution < -0.4 is 16.4 Å². The number of halogens is 2. The lowest BCUT2D eigenvalue weighted by atomic mass is 10.1. The molecule has 0 unspecified atom stereocenters. The average Bonchev–Trinajstić information content (AvgIpc) is 2.93. The summed E-state index contributed by atoms with van der Waals surface area (Å²) in [6.45, 7) is 7.52.